The van der Waals surface area contributed by atoms with E-state index in [0.717, 1.165) is 25.7 Å². The van der Waals surface area contributed by atoms with Gasteiger partial charge >= 0.3 is 5.69 Å². The summed E-state index contributed by atoms with van der Waals surface area (Å²) in [5.74, 6) is 0.318. The van der Waals surface area contributed by atoms with Gasteiger partial charge in [0.05, 0.1) is 25.4 Å². The van der Waals surface area contributed by atoms with Gasteiger partial charge in [-0.15, -0.1) is 11.3 Å². The minimum Gasteiger partial charge on any atom is -0.390 e. The Labute approximate surface area is 195 Å². The average Bonchev–Trinajstić information content (AvgIpc) is 3.45. The highest BCUT2D eigenvalue weighted by atomic mass is 32.1. The van der Waals surface area contributed by atoms with Crippen LogP contribution in [0.25, 0.3) is 5.13 Å². The largest absolute Gasteiger partial charge is 0.390 e. The number of nitrogens with zero attached hydrogens (tertiary/aromatic N) is 5. The minimum atomic E-state index is -0.708. The van der Waals surface area contributed by atoms with E-state index in [2.05, 4.69) is 15.0 Å². The summed E-state index contributed by atoms with van der Waals surface area (Å²) in [6, 6.07) is 7.38. The second-order valence-corrected chi connectivity index (χ2v) is 9.77. The summed E-state index contributed by atoms with van der Waals surface area (Å²) in [5, 5.41) is 17.5. The van der Waals surface area contributed by atoms with Crippen molar-refractivity contribution in [3.8, 4) is 5.13 Å². The normalized spacial score (nSPS) is 23.8. The number of piperidine rings is 1. The van der Waals surface area contributed by atoms with Gasteiger partial charge in [-0.25, -0.2) is 23.4 Å². The molecule has 2 aliphatic rings. The highest BCUT2D eigenvalue weighted by Gasteiger charge is 2.41. The van der Waals surface area contributed by atoms with Crippen molar-refractivity contribution in [1.29, 1.82) is 0 Å². The number of thiazole rings is 1. The number of benzene rings is 1. The molecule has 3 aromatic rings. The molecule has 0 radical (unpaired) electrons. The third kappa shape index (κ3) is 4.65. The number of hydrogen-bond donors (Lipinski definition) is 1. The molecule has 2 aromatic heterocycles. The SMILES string of the molecule is Cc1nn(CC(O)CN2C3CCC2CC(OCc2ccccc2F)C3)c(=O)n1-c1nccs1. The first-order valence-corrected chi connectivity index (χ1v) is 12.2. The van der Waals surface area contributed by atoms with Crippen molar-refractivity contribution in [3.05, 3.63) is 63.5 Å². The van der Waals surface area contributed by atoms with Crippen LogP contribution in [0.15, 0.2) is 40.6 Å². The van der Waals surface area contributed by atoms with Gasteiger partial charge in [-0.05, 0) is 38.7 Å². The lowest BCUT2D eigenvalue weighted by atomic mass is 9.99. The van der Waals surface area contributed by atoms with E-state index in [1.807, 2.05) is 11.4 Å². The average molecular weight is 474 g/mol. The standard InChI is InChI=1S/C23H28FN5O3S/c1-15-26-28(23(31)29(15)22-25-8-9-33-22)13-19(30)12-27-17-6-7-18(27)11-20(10-17)32-14-16-4-2-3-5-21(16)24/h2-5,8-9,17-20,30H,6-7,10-14H2,1H3. The lowest BCUT2D eigenvalue weighted by Crippen LogP contribution is -2.49. The molecule has 0 spiro atoms. The summed E-state index contributed by atoms with van der Waals surface area (Å²) in [4.78, 5) is 19.3. The quantitative estimate of drug-likeness (QED) is 0.541. The van der Waals surface area contributed by atoms with Crippen LogP contribution in [0.5, 0.6) is 0 Å². The second-order valence-electron chi connectivity index (χ2n) is 8.89. The molecule has 8 nitrogen and oxygen atoms in total. The zero-order valence-corrected chi connectivity index (χ0v) is 19.3. The topological polar surface area (TPSA) is 85.4 Å². The van der Waals surface area contributed by atoms with Crippen molar-refractivity contribution in [2.75, 3.05) is 6.54 Å². The molecule has 33 heavy (non-hydrogen) atoms. The maximum Gasteiger partial charge on any atom is 0.352 e. The van der Waals surface area contributed by atoms with Crippen molar-refractivity contribution in [2.24, 2.45) is 0 Å². The van der Waals surface area contributed by atoms with Gasteiger partial charge in [-0.1, -0.05) is 18.2 Å². The molecule has 3 unspecified atom stereocenters. The van der Waals surface area contributed by atoms with Gasteiger partial charge in [0.25, 0.3) is 0 Å². The lowest BCUT2D eigenvalue weighted by Gasteiger charge is -2.39. The van der Waals surface area contributed by atoms with Crippen LogP contribution < -0.4 is 5.69 Å². The fourth-order valence-corrected chi connectivity index (χ4v) is 5.84. The number of aliphatic hydroxyl groups excluding tert-OH is 1. The van der Waals surface area contributed by atoms with Crippen molar-refractivity contribution in [3.63, 3.8) is 0 Å². The first-order valence-electron chi connectivity index (χ1n) is 11.3. The molecule has 1 N–H and O–H groups in total. The zero-order chi connectivity index (χ0) is 22.9. The Hall–Kier alpha value is -2.40. The predicted molar refractivity (Wildman–Crippen MR) is 122 cm³/mol. The Balaban J connectivity index is 1.18. The van der Waals surface area contributed by atoms with Gasteiger partial charge in [0.1, 0.15) is 11.6 Å². The van der Waals surface area contributed by atoms with Gasteiger partial charge < -0.3 is 9.84 Å². The van der Waals surface area contributed by atoms with Crippen LogP contribution in [0.4, 0.5) is 4.39 Å². The van der Waals surface area contributed by atoms with Crippen molar-refractivity contribution in [1.82, 2.24) is 24.2 Å². The van der Waals surface area contributed by atoms with E-state index in [4.69, 9.17) is 4.74 Å². The van der Waals surface area contributed by atoms with Crippen LogP contribution >= 0.6 is 11.3 Å². The van der Waals surface area contributed by atoms with Crippen LogP contribution in [-0.4, -0.2) is 60.2 Å². The van der Waals surface area contributed by atoms with E-state index in [1.54, 1.807) is 25.3 Å². The Kier molecular flexibility index (Phi) is 6.42. The minimum absolute atomic E-state index is 0.0924. The highest BCUT2D eigenvalue weighted by molar-refractivity contribution is 7.12. The van der Waals surface area contributed by atoms with Crippen LogP contribution in [0, 0.1) is 12.7 Å². The number of ether oxygens (including phenoxy) is 1. The molecule has 2 bridgehead atoms. The zero-order valence-electron chi connectivity index (χ0n) is 18.5. The fourth-order valence-electron chi connectivity index (χ4n) is 5.16. The van der Waals surface area contributed by atoms with E-state index in [1.165, 1.54) is 26.7 Å². The molecule has 176 valence electrons. The second kappa shape index (κ2) is 9.46. The van der Waals surface area contributed by atoms with E-state index in [9.17, 15) is 14.3 Å². The van der Waals surface area contributed by atoms with Crippen LogP contribution in [0.3, 0.4) is 0 Å². The predicted octanol–water partition coefficient (Wildman–Crippen LogP) is 2.51. The first kappa shape index (κ1) is 22.4. The van der Waals surface area contributed by atoms with Crippen molar-refractivity contribution in [2.45, 2.75) is 70.1 Å². The van der Waals surface area contributed by atoms with E-state index in [0.29, 0.717) is 35.1 Å². The molecule has 2 aliphatic heterocycles. The van der Waals surface area contributed by atoms with Gasteiger partial charge in [-0.2, -0.15) is 5.10 Å². The number of aryl methyl sites for hydroxylation is 1. The summed E-state index contributed by atoms with van der Waals surface area (Å²) in [6.45, 7) is 2.67. The summed E-state index contributed by atoms with van der Waals surface area (Å²) in [6.07, 6.45) is 4.90. The van der Waals surface area contributed by atoms with Crippen molar-refractivity contribution < 1.29 is 14.2 Å². The molecule has 2 fully saturated rings. The van der Waals surface area contributed by atoms with Gasteiger partial charge in [-0.3, -0.25) is 4.90 Å². The smallest absolute Gasteiger partial charge is 0.352 e. The molecule has 0 aliphatic carbocycles. The number of aromatic nitrogens is 4. The third-order valence-electron chi connectivity index (χ3n) is 6.69. The molecule has 3 atom stereocenters. The van der Waals surface area contributed by atoms with E-state index < -0.39 is 6.10 Å². The van der Waals surface area contributed by atoms with Crippen LogP contribution in [-0.2, 0) is 17.9 Å². The molecule has 0 amide bonds. The van der Waals surface area contributed by atoms with E-state index in [-0.39, 0.29) is 30.8 Å². The molecule has 4 heterocycles. The summed E-state index contributed by atoms with van der Waals surface area (Å²) in [5.41, 5.74) is 0.297. The summed E-state index contributed by atoms with van der Waals surface area (Å²) >= 11 is 1.37. The maximum absolute atomic E-state index is 13.9. The maximum atomic E-state index is 13.9. The van der Waals surface area contributed by atoms with Gasteiger partial charge in [0.15, 0.2) is 5.13 Å². The molecular formula is C23H28FN5O3S. The molecule has 5 rings (SSSR count). The number of halogens is 1. The number of fused-ring (bicyclic) bond motifs is 2. The Bertz CT molecular complexity index is 1130. The van der Waals surface area contributed by atoms with Gasteiger partial charge in [0.2, 0.25) is 0 Å². The monoisotopic (exact) mass is 473 g/mol. The summed E-state index contributed by atoms with van der Waals surface area (Å²) < 4.78 is 22.7. The van der Waals surface area contributed by atoms with E-state index >= 15 is 0 Å². The highest BCUT2D eigenvalue weighted by Crippen LogP contribution is 2.37. The van der Waals surface area contributed by atoms with Crippen molar-refractivity contribution >= 4 is 11.3 Å². The number of aliphatic hydroxyl groups is 1. The van der Waals surface area contributed by atoms with Crippen LogP contribution in [0.1, 0.15) is 37.1 Å². The molecule has 2 saturated heterocycles. The van der Waals surface area contributed by atoms with Crippen LogP contribution in [0.2, 0.25) is 0 Å². The number of rotatable bonds is 8. The number of hydrogen-bond acceptors (Lipinski definition) is 7. The Morgan fingerprint density at radius 1 is 1.24 bits per heavy atom. The first-order chi connectivity index (χ1) is 16.0. The molecule has 1 aromatic carbocycles. The third-order valence-corrected chi connectivity index (χ3v) is 7.45. The van der Waals surface area contributed by atoms with Gasteiger partial charge in [0, 0.05) is 35.8 Å². The Morgan fingerprint density at radius 3 is 2.70 bits per heavy atom. The molecule has 10 heteroatoms. The Morgan fingerprint density at radius 2 is 2.00 bits per heavy atom. The molecule has 0 saturated carbocycles. The lowest BCUT2D eigenvalue weighted by molar-refractivity contribution is -0.0408. The summed E-state index contributed by atoms with van der Waals surface area (Å²) in [7, 11) is 0. The molecular weight excluding hydrogens is 445 g/mol. The fraction of sp³-hybridized carbons (Fsp3) is 0.522.